The molecule has 0 saturated carbocycles. The number of amides is 2. The molecule has 0 bridgehead atoms. The number of aromatic nitrogens is 2. The van der Waals surface area contributed by atoms with Crippen molar-refractivity contribution in [1.29, 1.82) is 0 Å². The van der Waals surface area contributed by atoms with Crippen LogP contribution < -0.4 is 10.6 Å². The molecular weight excluding hydrogens is 380 g/mol. The molecule has 2 heterocycles. The van der Waals surface area contributed by atoms with Gasteiger partial charge in [0.05, 0.1) is 24.3 Å². The number of benzene rings is 2. The van der Waals surface area contributed by atoms with Crippen LogP contribution in [0.4, 0.5) is 11.4 Å². The van der Waals surface area contributed by atoms with Crippen molar-refractivity contribution >= 4 is 23.2 Å². The average molecular weight is 398 g/mol. The molecule has 2 amide bonds. The maximum absolute atomic E-state index is 12.6. The Hall–Kier alpha value is -4.26. The molecule has 0 aliphatic heterocycles. The van der Waals surface area contributed by atoms with Crippen molar-refractivity contribution < 1.29 is 14.0 Å². The first-order valence-corrected chi connectivity index (χ1v) is 9.24. The summed E-state index contributed by atoms with van der Waals surface area (Å²) in [5, 5.41) is 5.53. The standard InChI is InChI=1S/C23H18N4O3/c1-15-9-10-17(12-19(15)27-23(29)20-8-5-11-30-20)22(28)26-18-13-24-21(25-14-18)16-6-3-2-4-7-16/h2-14H,1H3,(H,26,28)(H,27,29). The van der Waals surface area contributed by atoms with Crippen LogP contribution in [0.3, 0.4) is 0 Å². The van der Waals surface area contributed by atoms with Gasteiger partial charge in [0.15, 0.2) is 11.6 Å². The van der Waals surface area contributed by atoms with Crippen LogP contribution in [0, 0.1) is 6.92 Å². The normalized spacial score (nSPS) is 10.4. The maximum atomic E-state index is 12.6. The van der Waals surface area contributed by atoms with Crippen molar-refractivity contribution in [3.63, 3.8) is 0 Å². The summed E-state index contributed by atoms with van der Waals surface area (Å²) < 4.78 is 5.10. The third-order valence-electron chi connectivity index (χ3n) is 4.43. The van der Waals surface area contributed by atoms with E-state index in [2.05, 4.69) is 20.6 Å². The molecule has 2 N–H and O–H groups in total. The van der Waals surface area contributed by atoms with Crippen molar-refractivity contribution in [3.8, 4) is 11.4 Å². The number of carbonyl (C=O) groups is 2. The van der Waals surface area contributed by atoms with Crippen molar-refractivity contribution in [3.05, 3.63) is 96.2 Å². The van der Waals surface area contributed by atoms with Gasteiger partial charge in [-0.3, -0.25) is 9.59 Å². The molecule has 7 nitrogen and oxygen atoms in total. The monoisotopic (exact) mass is 398 g/mol. The lowest BCUT2D eigenvalue weighted by atomic mass is 10.1. The van der Waals surface area contributed by atoms with Crippen LogP contribution in [-0.4, -0.2) is 21.8 Å². The molecule has 0 atom stereocenters. The lowest BCUT2D eigenvalue weighted by Gasteiger charge is -2.10. The summed E-state index contributed by atoms with van der Waals surface area (Å²) in [5.41, 5.74) is 3.11. The Labute approximate surface area is 172 Å². The zero-order chi connectivity index (χ0) is 20.9. The fourth-order valence-electron chi connectivity index (χ4n) is 2.82. The minimum atomic E-state index is -0.384. The van der Waals surface area contributed by atoms with Crippen molar-refractivity contribution in [1.82, 2.24) is 9.97 Å². The Morgan fingerprint density at radius 3 is 2.33 bits per heavy atom. The van der Waals surface area contributed by atoms with Crippen LogP contribution in [0.5, 0.6) is 0 Å². The summed E-state index contributed by atoms with van der Waals surface area (Å²) in [4.78, 5) is 33.5. The zero-order valence-electron chi connectivity index (χ0n) is 16.1. The largest absolute Gasteiger partial charge is 0.459 e. The Morgan fingerprint density at radius 1 is 0.867 bits per heavy atom. The molecule has 0 unspecified atom stereocenters. The van der Waals surface area contributed by atoms with E-state index in [1.54, 1.807) is 42.7 Å². The van der Waals surface area contributed by atoms with Gasteiger partial charge in [-0.25, -0.2) is 9.97 Å². The number of nitrogens with zero attached hydrogens (tertiary/aromatic N) is 2. The topological polar surface area (TPSA) is 97.1 Å². The average Bonchev–Trinajstić information content (AvgIpc) is 3.31. The van der Waals surface area contributed by atoms with E-state index in [1.165, 1.54) is 6.26 Å². The van der Waals surface area contributed by atoms with E-state index in [4.69, 9.17) is 4.42 Å². The minimum Gasteiger partial charge on any atom is -0.459 e. The van der Waals surface area contributed by atoms with Gasteiger partial charge in [0.2, 0.25) is 0 Å². The molecule has 0 radical (unpaired) electrons. The van der Waals surface area contributed by atoms with E-state index in [0.29, 0.717) is 22.8 Å². The van der Waals surface area contributed by atoms with Crippen LogP contribution in [0.25, 0.3) is 11.4 Å². The van der Waals surface area contributed by atoms with E-state index in [-0.39, 0.29) is 17.6 Å². The summed E-state index contributed by atoms with van der Waals surface area (Å²) in [5.74, 6) is 0.0527. The molecule has 2 aromatic carbocycles. The van der Waals surface area contributed by atoms with E-state index in [0.717, 1.165) is 11.1 Å². The molecule has 0 spiro atoms. The number of furan rings is 1. The number of rotatable bonds is 5. The van der Waals surface area contributed by atoms with E-state index in [1.807, 2.05) is 37.3 Å². The van der Waals surface area contributed by atoms with Gasteiger partial charge in [0.1, 0.15) is 0 Å². The number of anilines is 2. The zero-order valence-corrected chi connectivity index (χ0v) is 16.1. The van der Waals surface area contributed by atoms with Crippen LogP contribution in [0.2, 0.25) is 0 Å². The maximum Gasteiger partial charge on any atom is 0.291 e. The van der Waals surface area contributed by atoms with Crippen LogP contribution >= 0.6 is 0 Å². The number of carbonyl (C=O) groups excluding carboxylic acids is 2. The Bertz CT molecular complexity index is 1170. The number of aryl methyl sites for hydroxylation is 1. The molecule has 2 aromatic heterocycles. The predicted octanol–water partition coefficient (Wildman–Crippen LogP) is 4.55. The second-order valence-electron chi connectivity index (χ2n) is 6.58. The summed E-state index contributed by atoms with van der Waals surface area (Å²) >= 11 is 0. The Kier molecular flexibility index (Phi) is 5.34. The van der Waals surface area contributed by atoms with E-state index >= 15 is 0 Å². The van der Waals surface area contributed by atoms with Crippen molar-refractivity contribution in [2.45, 2.75) is 6.92 Å². The van der Waals surface area contributed by atoms with Crippen molar-refractivity contribution in [2.75, 3.05) is 10.6 Å². The highest BCUT2D eigenvalue weighted by Crippen LogP contribution is 2.20. The lowest BCUT2D eigenvalue weighted by molar-refractivity contribution is 0.0993. The Morgan fingerprint density at radius 2 is 1.63 bits per heavy atom. The molecule has 0 saturated heterocycles. The molecular formula is C23H18N4O3. The molecule has 0 aliphatic carbocycles. The smallest absolute Gasteiger partial charge is 0.291 e. The van der Waals surface area contributed by atoms with Gasteiger partial charge >= 0.3 is 0 Å². The summed E-state index contributed by atoms with van der Waals surface area (Å²) in [6.45, 7) is 1.84. The second kappa shape index (κ2) is 8.40. The lowest BCUT2D eigenvalue weighted by Crippen LogP contribution is -2.15. The summed E-state index contributed by atoms with van der Waals surface area (Å²) in [6, 6.07) is 17.8. The SMILES string of the molecule is Cc1ccc(C(=O)Nc2cnc(-c3ccccc3)nc2)cc1NC(=O)c1ccco1. The van der Waals surface area contributed by atoms with Gasteiger partial charge in [-0.05, 0) is 36.8 Å². The first-order chi connectivity index (χ1) is 14.6. The number of hydrogen-bond donors (Lipinski definition) is 2. The molecule has 0 aliphatic rings. The van der Waals surface area contributed by atoms with Gasteiger partial charge in [0, 0.05) is 16.8 Å². The van der Waals surface area contributed by atoms with Gasteiger partial charge in [-0.1, -0.05) is 36.4 Å². The number of nitrogens with one attached hydrogen (secondary N) is 2. The van der Waals surface area contributed by atoms with Crippen molar-refractivity contribution in [2.24, 2.45) is 0 Å². The fraction of sp³-hybridized carbons (Fsp3) is 0.0435. The quantitative estimate of drug-likeness (QED) is 0.514. The summed E-state index contributed by atoms with van der Waals surface area (Å²) in [7, 11) is 0. The number of hydrogen-bond acceptors (Lipinski definition) is 5. The molecule has 30 heavy (non-hydrogen) atoms. The second-order valence-corrected chi connectivity index (χ2v) is 6.58. The third-order valence-corrected chi connectivity index (χ3v) is 4.43. The first-order valence-electron chi connectivity index (χ1n) is 9.24. The Balaban J connectivity index is 1.47. The van der Waals surface area contributed by atoms with E-state index in [9.17, 15) is 9.59 Å². The summed E-state index contributed by atoms with van der Waals surface area (Å²) in [6.07, 6.45) is 4.54. The highest BCUT2D eigenvalue weighted by molar-refractivity contribution is 6.07. The van der Waals surface area contributed by atoms with Crippen LogP contribution in [0.15, 0.2) is 83.7 Å². The molecule has 148 valence electrons. The molecule has 7 heteroatoms. The first kappa shape index (κ1) is 19.1. The van der Waals surface area contributed by atoms with Gasteiger partial charge < -0.3 is 15.1 Å². The molecule has 0 fully saturated rings. The van der Waals surface area contributed by atoms with E-state index < -0.39 is 0 Å². The predicted molar refractivity (Wildman–Crippen MR) is 113 cm³/mol. The van der Waals surface area contributed by atoms with Gasteiger partial charge in [0.25, 0.3) is 11.8 Å². The molecule has 4 aromatic rings. The molecule has 4 rings (SSSR count). The van der Waals surface area contributed by atoms with Crippen LogP contribution in [0.1, 0.15) is 26.5 Å². The fourth-order valence-corrected chi connectivity index (χ4v) is 2.82. The van der Waals surface area contributed by atoms with Gasteiger partial charge in [-0.2, -0.15) is 0 Å². The van der Waals surface area contributed by atoms with Gasteiger partial charge in [-0.15, -0.1) is 0 Å². The highest BCUT2D eigenvalue weighted by atomic mass is 16.3. The van der Waals surface area contributed by atoms with Crippen LogP contribution in [-0.2, 0) is 0 Å². The third kappa shape index (κ3) is 4.25. The minimum absolute atomic E-state index is 0.194. The highest BCUT2D eigenvalue weighted by Gasteiger charge is 2.13.